The molecule has 0 saturated carbocycles. The second-order valence-electron chi connectivity index (χ2n) is 4.98. The van der Waals surface area contributed by atoms with Crippen LogP contribution in [0.4, 0.5) is 0 Å². The van der Waals surface area contributed by atoms with E-state index in [-0.39, 0.29) is 11.5 Å². The van der Waals surface area contributed by atoms with Crippen molar-refractivity contribution < 1.29 is 10.2 Å². The van der Waals surface area contributed by atoms with Crippen LogP contribution < -0.4 is 0 Å². The molecule has 2 rings (SSSR count). The van der Waals surface area contributed by atoms with Gasteiger partial charge in [0.25, 0.3) is 0 Å². The topological polar surface area (TPSA) is 66.2 Å². The summed E-state index contributed by atoms with van der Waals surface area (Å²) in [5, 5.41) is 20.3. The van der Waals surface area contributed by atoms with Crippen LogP contribution in [0.3, 0.4) is 0 Å². The fourth-order valence-corrected chi connectivity index (χ4v) is 4.23. The summed E-state index contributed by atoms with van der Waals surface area (Å²) >= 11 is 0. The minimum Gasteiger partial charge on any atom is -0.506 e. The van der Waals surface area contributed by atoms with Crippen molar-refractivity contribution in [2.45, 2.75) is 25.4 Å². The number of hydrogen-bond acceptors (Lipinski definition) is 6. The zero-order valence-electron chi connectivity index (χ0n) is 13.3. The van der Waals surface area contributed by atoms with Gasteiger partial charge in [0, 0.05) is 35.0 Å². The highest BCUT2D eigenvalue weighted by molar-refractivity contribution is 8.76. The van der Waals surface area contributed by atoms with Crippen molar-refractivity contribution in [3.8, 4) is 36.2 Å². The highest BCUT2D eigenvalue weighted by atomic mass is 33.1. The molecular weight excluding hydrogens is 340 g/mol. The number of aryl methyl sites for hydroxylation is 2. The molecule has 0 unspecified atom stereocenters. The number of aromatic nitrogens is 2. The molecule has 0 aliphatic rings. The third kappa shape index (κ3) is 3.79. The Bertz CT molecular complexity index is 780. The van der Waals surface area contributed by atoms with Crippen LogP contribution in [-0.2, 0) is 11.5 Å². The quantitative estimate of drug-likeness (QED) is 0.485. The van der Waals surface area contributed by atoms with Gasteiger partial charge < -0.3 is 10.2 Å². The Morgan fingerprint density at radius 3 is 1.58 bits per heavy atom. The van der Waals surface area contributed by atoms with Crippen molar-refractivity contribution in [2.75, 3.05) is 0 Å². The first kappa shape index (κ1) is 18.1. The lowest BCUT2D eigenvalue weighted by Gasteiger charge is -2.10. The molecule has 0 atom stereocenters. The lowest BCUT2D eigenvalue weighted by atomic mass is 10.1. The van der Waals surface area contributed by atoms with Crippen molar-refractivity contribution >= 4 is 21.6 Å². The normalized spacial score (nSPS) is 10.2. The average Bonchev–Trinajstić information content (AvgIpc) is 2.58. The molecule has 2 N–H and O–H groups in total. The Balaban J connectivity index is 2.08. The molecule has 122 valence electrons. The Labute approximate surface area is 149 Å². The highest BCUT2D eigenvalue weighted by Gasteiger charge is 2.13. The van der Waals surface area contributed by atoms with Crippen LogP contribution in [0, 0.1) is 38.5 Å². The third-order valence-electron chi connectivity index (χ3n) is 3.48. The summed E-state index contributed by atoms with van der Waals surface area (Å²) in [4.78, 5) is 8.12. The Morgan fingerprint density at radius 1 is 0.875 bits per heavy atom. The molecule has 2 aromatic heterocycles. The van der Waals surface area contributed by atoms with E-state index in [9.17, 15) is 10.2 Å². The van der Waals surface area contributed by atoms with Crippen LogP contribution in [0.15, 0.2) is 12.4 Å². The summed E-state index contributed by atoms with van der Waals surface area (Å²) in [7, 11) is 3.04. The Kier molecular flexibility index (Phi) is 6.03. The van der Waals surface area contributed by atoms with Gasteiger partial charge in [-0.2, -0.15) is 0 Å². The fourth-order valence-electron chi connectivity index (χ4n) is 2.03. The third-order valence-corrected chi connectivity index (χ3v) is 5.67. The Hall–Kier alpha value is -2.28. The van der Waals surface area contributed by atoms with Gasteiger partial charge in [0.1, 0.15) is 11.5 Å². The number of pyridine rings is 2. The van der Waals surface area contributed by atoms with Gasteiger partial charge in [-0.25, -0.2) is 0 Å². The first-order chi connectivity index (χ1) is 11.5. The second kappa shape index (κ2) is 8.01. The highest BCUT2D eigenvalue weighted by Crippen LogP contribution is 2.37. The van der Waals surface area contributed by atoms with Crippen LogP contribution in [-0.4, -0.2) is 20.2 Å². The molecule has 2 heterocycles. The van der Waals surface area contributed by atoms with E-state index < -0.39 is 0 Å². The maximum absolute atomic E-state index is 10.1. The first-order valence-corrected chi connectivity index (χ1v) is 9.50. The molecule has 4 nitrogen and oxygen atoms in total. The summed E-state index contributed by atoms with van der Waals surface area (Å²) in [5.74, 6) is 6.38. The molecule has 24 heavy (non-hydrogen) atoms. The predicted molar refractivity (Wildman–Crippen MR) is 99.7 cm³/mol. The fraction of sp³-hybridized carbons (Fsp3) is 0.222. The maximum atomic E-state index is 10.1. The molecule has 0 aliphatic heterocycles. The lowest BCUT2D eigenvalue weighted by Crippen LogP contribution is -1.95. The summed E-state index contributed by atoms with van der Waals surface area (Å²) in [6, 6.07) is 0. The van der Waals surface area contributed by atoms with E-state index in [4.69, 9.17) is 12.8 Å². The van der Waals surface area contributed by atoms with E-state index in [1.807, 2.05) is 0 Å². The number of rotatable bonds is 5. The Morgan fingerprint density at radius 2 is 1.25 bits per heavy atom. The number of hydrogen-bond donors (Lipinski definition) is 2. The van der Waals surface area contributed by atoms with Gasteiger partial charge in [-0.1, -0.05) is 33.4 Å². The summed E-state index contributed by atoms with van der Waals surface area (Å²) in [6.45, 7) is 3.46. The molecule has 0 bridgehead atoms. The van der Waals surface area contributed by atoms with E-state index in [0.29, 0.717) is 45.1 Å². The van der Waals surface area contributed by atoms with Gasteiger partial charge >= 0.3 is 0 Å². The lowest BCUT2D eigenvalue weighted by molar-refractivity contribution is 0.462. The minimum atomic E-state index is 0.130. The largest absolute Gasteiger partial charge is 0.506 e. The van der Waals surface area contributed by atoms with Crippen LogP contribution >= 0.6 is 21.6 Å². The molecule has 0 aliphatic carbocycles. The van der Waals surface area contributed by atoms with Gasteiger partial charge in [0.2, 0.25) is 0 Å². The van der Waals surface area contributed by atoms with Crippen LogP contribution in [0.2, 0.25) is 0 Å². The molecule has 0 amide bonds. The minimum absolute atomic E-state index is 0.130. The SMILES string of the molecule is C#Cc1cnc(C)c(O)c1CSSCc1c(C#C)cnc(C)c1O. The second-order valence-corrected chi connectivity index (χ2v) is 7.44. The average molecular weight is 356 g/mol. The van der Waals surface area contributed by atoms with Crippen molar-refractivity contribution in [3.05, 3.63) is 46.0 Å². The summed E-state index contributed by atoms with van der Waals surface area (Å²) in [6.07, 6.45) is 14.1. The van der Waals surface area contributed by atoms with E-state index in [1.165, 1.54) is 21.6 Å². The van der Waals surface area contributed by atoms with Gasteiger partial charge in [-0.15, -0.1) is 12.8 Å². The molecule has 0 fully saturated rings. The zero-order chi connectivity index (χ0) is 17.7. The van der Waals surface area contributed by atoms with E-state index in [0.717, 1.165) is 0 Å². The van der Waals surface area contributed by atoms with Gasteiger partial charge in [0.05, 0.1) is 22.5 Å². The standard InChI is InChI=1S/C18H16N2O2S2/c1-5-13-7-19-11(3)17(21)15(13)9-23-24-10-16-14(6-2)8-20-12(4)18(16)22/h1-2,7-8,21-22H,9-10H2,3-4H3. The van der Waals surface area contributed by atoms with Gasteiger partial charge in [-0.05, 0) is 13.8 Å². The van der Waals surface area contributed by atoms with Crippen LogP contribution in [0.5, 0.6) is 11.5 Å². The molecule has 0 spiro atoms. The number of aromatic hydroxyl groups is 2. The van der Waals surface area contributed by atoms with Crippen molar-refractivity contribution in [2.24, 2.45) is 0 Å². The van der Waals surface area contributed by atoms with E-state index in [2.05, 4.69) is 21.8 Å². The summed E-state index contributed by atoms with van der Waals surface area (Å²) in [5.41, 5.74) is 3.64. The van der Waals surface area contributed by atoms with Crippen LogP contribution in [0.1, 0.15) is 33.6 Å². The number of terminal acetylenes is 2. The molecule has 6 heteroatoms. The van der Waals surface area contributed by atoms with Gasteiger partial charge in [-0.3, -0.25) is 9.97 Å². The molecule has 2 aromatic rings. The molecule has 0 radical (unpaired) electrons. The number of nitrogens with zero attached hydrogens (tertiary/aromatic N) is 2. The summed E-state index contributed by atoms with van der Waals surface area (Å²) < 4.78 is 0. The predicted octanol–water partition coefficient (Wildman–Crippen LogP) is 3.55. The van der Waals surface area contributed by atoms with Gasteiger partial charge in [0.15, 0.2) is 0 Å². The molecular formula is C18H16N2O2S2. The van der Waals surface area contributed by atoms with Crippen molar-refractivity contribution in [1.29, 1.82) is 0 Å². The maximum Gasteiger partial charge on any atom is 0.142 e. The smallest absolute Gasteiger partial charge is 0.142 e. The zero-order valence-corrected chi connectivity index (χ0v) is 15.0. The van der Waals surface area contributed by atoms with Crippen LogP contribution in [0.25, 0.3) is 0 Å². The monoisotopic (exact) mass is 356 g/mol. The first-order valence-electron chi connectivity index (χ1n) is 7.02. The van der Waals surface area contributed by atoms with E-state index in [1.54, 1.807) is 26.2 Å². The van der Waals surface area contributed by atoms with Crippen molar-refractivity contribution in [3.63, 3.8) is 0 Å². The molecule has 0 aromatic carbocycles. The van der Waals surface area contributed by atoms with E-state index >= 15 is 0 Å². The molecule has 0 saturated heterocycles. The van der Waals surface area contributed by atoms with Crippen molar-refractivity contribution in [1.82, 2.24) is 9.97 Å².